The molecule has 1 aliphatic heterocycles. The summed E-state index contributed by atoms with van der Waals surface area (Å²) < 4.78 is 22.7. The summed E-state index contributed by atoms with van der Waals surface area (Å²) in [5, 5.41) is 5.11. The molecule has 1 aromatic carbocycles. The number of carbonyl (C=O) groups excluding carboxylic acids is 1. The SMILES string of the molecule is NS(=O)(=O)c1ccc2c(c1)N(C(=O)C1CC1)CC2. The zero-order chi connectivity index (χ0) is 12.9. The van der Waals surface area contributed by atoms with Crippen LogP contribution in [0.1, 0.15) is 18.4 Å². The Bertz CT molecular complexity index is 620. The Morgan fingerprint density at radius 2 is 2.06 bits per heavy atom. The zero-order valence-corrected chi connectivity index (χ0v) is 10.6. The van der Waals surface area contributed by atoms with Crippen molar-refractivity contribution in [3.05, 3.63) is 23.8 Å². The molecular weight excluding hydrogens is 252 g/mol. The first kappa shape index (κ1) is 11.7. The second-order valence-corrected chi connectivity index (χ2v) is 6.41. The van der Waals surface area contributed by atoms with Crippen molar-refractivity contribution >= 4 is 21.6 Å². The van der Waals surface area contributed by atoms with Crippen molar-refractivity contribution in [2.45, 2.75) is 24.2 Å². The second-order valence-electron chi connectivity index (χ2n) is 4.85. The van der Waals surface area contributed by atoms with Gasteiger partial charge >= 0.3 is 0 Å². The highest BCUT2D eigenvalue weighted by molar-refractivity contribution is 7.89. The fraction of sp³-hybridized carbons (Fsp3) is 0.417. The summed E-state index contributed by atoms with van der Waals surface area (Å²) in [6.45, 7) is 0.638. The molecule has 1 saturated carbocycles. The van der Waals surface area contributed by atoms with Crippen LogP contribution in [0.2, 0.25) is 0 Å². The van der Waals surface area contributed by atoms with Gasteiger partial charge in [0.15, 0.2) is 0 Å². The normalized spacial score (nSPS) is 18.8. The van der Waals surface area contributed by atoms with E-state index in [1.807, 2.05) is 0 Å². The van der Waals surface area contributed by atoms with E-state index < -0.39 is 10.0 Å². The van der Waals surface area contributed by atoms with Gasteiger partial charge in [-0.1, -0.05) is 6.07 Å². The largest absolute Gasteiger partial charge is 0.312 e. The van der Waals surface area contributed by atoms with E-state index in [-0.39, 0.29) is 16.7 Å². The van der Waals surface area contributed by atoms with Crippen LogP contribution in [0.25, 0.3) is 0 Å². The van der Waals surface area contributed by atoms with Crippen molar-refractivity contribution in [1.29, 1.82) is 0 Å². The Morgan fingerprint density at radius 3 is 2.67 bits per heavy atom. The van der Waals surface area contributed by atoms with E-state index in [1.165, 1.54) is 12.1 Å². The van der Waals surface area contributed by atoms with Crippen molar-refractivity contribution in [3.63, 3.8) is 0 Å². The highest BCUT2D eigenvalue weighted by Gasteiger charge is 2.36. The first-order chi connectivity index (χ1) is 8.47. The Kier molecular flexibility index (Phi) is 2.46. The standard InChI is InChI=1S/C12H14N2O3S/c13-18(16,17)10-4-3-8-5-6-14(11(8)7-10)12(15)9-1-2-9/h3-4,7,9H,1-2,5-6H2,(H2,13,16,17). The van der Waals surface area contributed by atoms with Gasteiger partial charge in [0.05, 0.1) is 4.90 Å². The quantitative estimate of drug-likeness (QED) is 0.852. The Hall–Kier alpha value is -1.40. The van der Waals surface area contributed by atoms with Crippen LogP contribution in [-0.4, -0.2) is 20.9 Å². The minimum Gasteiger partial charge on any atom is -0.312 e. The number of nitrogens with two attached hydrogens (primary N) is 1. The number of rotatable bonds is 2. The summed E-state index contributed by atoms with van der Waals surface area (Å²) in [7, 11) is -3.72. The summed E-state index contributed by atoms with van der Waals surface area (Å²) >= 11 is 0. The fourth-order valence-electron chi connectivity index (χ4n) is 2.32. The predicted molar refractivity (Wildman–Crippen MR) is 66.6 cm³/mol. The average Bonchev–Trinajstić information content (AvgIpc) is 3.06. The molecule has 0 unspecified atom stereocenters. The predicted octanol–water partition coefficient (Wildman–Crippen LogP) is 0.633. The molecule has 1 fully saturated rings. The molecule has 1 aliphatic carbocycles. The number of fused-ring (bicyclic) bond motifs is 1. The van der Waals surface area contributed by atoms with Crippen LogP contribution in [0.15, 0.2) is 23.1 Å². The highest BCUT2D eigenvalue weighted by Crippen LogP contribution is 2.37. The number of benzene rings is 1. The van der Waals surface area contributed by atoms with Gasteiger partial charge < -0.3 is 4.90 Å². The van der Waals surface area contributed by atoms with Crippen LogP contribution in [-0.2, 0) is 21.2 Å². The molecule has 0 spiro atoms. The summed E-state index contributed by atoms with van der Waals surface area (Å²) in [6.07, 6.45) is 2.66. The molecule has 0 bridgehead atoms. The second kappa shape index (κ2) is 3.80. The molecule has 1 aromatic rings. The molecule has 18 heavy (non-hydrogen) atoms. The summed E-state index contributed by atoms with van der Waals surface area (Å²) in [5.74, 6) is 0.245. The van der Waals surface area contributed by atoms with Gasteiger partial charge in [0.1, 0.15) is 0 Å². The van der Waals surface area contributed by atoms with Crippen molar-refractivity contribution in [1.82, 2.24) is 0 Å². The van der Waals surface area contributed by atoms with Crippen LogP contribution >= 0.6 is 0 Å². The summed E-state index contributed by atoms with van der Waals surface area (Å²) in [6, 6.07) is 4.76. The molecular formula is C12H14N2O3S. The molecule has 5 nitrogen and oxygen atoms in total. The maximum absolute atomic E-state index is 12.1. The lowest BCUT2D eigenvalue weighted by Crippen LogP contribution is -2.30. The number of hydrogen-bond donors (Lipinski definition) is 1. The lowest BCUT2D eigenvalue weighted by molar-refractivity contribution is -0.119. The molecule has 0 radical (unpaired) electrons. The molecule has 2 aliphatic rings. The van der Waals surface area contributed by atoms with Gasteiger partial charge in [-0.25, -0.2) is 13.6 Å². The molecule has 1 amide bonds. The Labute approximate surface area is 106 Å². The van der Waals surface area contributed by atoms with Crippen LogP contribution in [0.5, 0.6) is 0 Å². The van der Waals surface area contributed by atoms with Gasteiger partial charge in [-0.15, -0.1) is 0 Å². The van der Waals surface area contributed by atoms with Gasteiger partial charge in [-0.3, -0.25) is 4.79 Å². The maximum atomic E-state index is 12.1. The number of primary sulfonamides is 1. The molecule has 6 heteroatoms. The first-order valence-electron chi connectivity index (χ1n) is 5.94. The third kappa shape index (κ3) is 1.91. The van der Waals surface area contributed by atoms with Gasteiger partial charge in [0.25, 0.3) is 0 Å². The molecule has 0 atom stereocenters. The van der Waals surface area contributed by atoms with Crippen LogP contribution in [0.4, 0.5) is 5.69 Å². The molecule has 96 valence electrons. The number of amides is 1. The average molecular weight is 266 g/mol. The molecule has 0 aromatic heterocycles. The van der Waals surface area contributed by atoms with Crippen LogP contribution in [0, 0.1) is 5.92 Å². The van der Waals surface area contributed by atoms with Crippen LogP contribution < -0.4 is 10.0 Å². The van der Waals surface area contributed by atoms with Crippen LogP contribution in [0.3, 0.4) is 0 Å². The van der Waals surface area contributed by atoms with Crippen molar-refractivity contribution in [3.8, 4) is 0 Å². The van der Waals surface area contributed by atoms with E-state index in [9.17, 15) is 13.2 Å². The number of anilines is 1. The smallest absolute Gasteiger partial charge is 0.238 e. The van der Waals surface area contributed by atoms with Crippen molar-refractivity contribution < 1.29 is 13.2 Å². The first-order valence-corrected chi connectivity index (χ1v) is 7.48. The monoisotopic (exact) mass is 266 g/mol. The zero-order valence-electron chi connectivity index (χ0n) is 9.80. The van der Waals surface area contributed by atoms with E-state index >= 15 is 0 Å². The van der Waals surface area contributed by atoms with E-state index in [0.717, 1.165) is 24.8 Å². The minimum atomic E-state index is -3.72. The highest BCUT2D eigenvalue weighted by atomic mass is 32.2. The molecule has 2 N–H and O–H groups in total. The van der Waals surface area contributed by atoms with E-state index in [4.69, 9.17) is 5.14 Å². The van der Waals surface area contributed by atoms with Gasteiger partial charge in [0.2, 0.25) is 15.9 Å². The lowest BCUT2D eigenvalue weighted by Gasteiger charge is -2.17. The van der Waals surface area contributed by atoms with Gasteiger partial charge in [-0.2, -0.15) is 0 Å². The third-order valence-electron chi connectivity index (χ3n) is 3.47. The molecule has 1 heterocycles. The Morgan fingerprint density at radius 1 is 1.33 bits per heavy atom. The van der Waals surface area contributed by atoms with E-state index in [1.54, 1.807) is 11.0 Å². The number of carbonyl (C=O) groups is 1. The van der Waals surface area contributed by atoms with Crippen molar-refractivity contribution in [2.75, 3.05) is 11.4 Å². The topological polar surface area (TPSA) is 80.5 Å². The fourth-order valence-corrected chi connectivity index (χ4v) is 2.85. The molecule has 0 saturated heterocycles. The third-order valence-corrected chi connectivity index (χ3v) is 4.38. The Balaban J connectivity index is 2.01. The minimum absolute atomic E-state index is 0.0664. The number of hydrogen-bond acceptors (Lipinski definition) is 3. The van der Waals surface area contributed by atoms with E-state index in [2.05, 4.69) is 0 Å². The lowest BCUT2D eigenvalue weighted by atomic mass is 10.2. The summed E-state index contributed by atoms with van der Waals surface area (Å²) in [4.78, 5) is 13.8. The summed E-state index contributed by atoms with van der Waals surface area (Å²) in [5.41, 5.74) is 1.72. The number of nitrogens with zero attached hydrogens (tertiary/aromatic N) is 1. The van der Waals surface area contributed by atoms with Gasteiger partial charge in [-0.05, 0) is 37.0 Å². The van der Waals surface area contributed by atoms with Gasteiger partial charge in [0, 0.05) is 18.2 Å². The maximum Gasteiger partial charge on any atom is 0.238 e. The van der Waals surface area contributed by atoms with E-state index in [0.29, 0.717) is 12.2 Å². The van der Waals surface area contributed by atoms with Crippen molar-refractivity contribution in [2.24, 2.45) is 11.1 Å². The molecule has 3 rings (SSSR count). The number of sulfonamides is 1.